The standard InChI is InChI=1S/C12H21NO2/c1-4-15-11(14)6-5-9-13-12(2,3)10-7-8-10/h5-6,10,13H,4,7-9H2,1-3H3/b6-5+. The van der Waals surface area contributed by atoms with Gasteiger partial charge in [0.05, 0.1) is 6.61 Å². The summed E-state index contributed by atoms with van der Waals surface area (Å²) in [6.45, 7) is 7.39. The Labute approximate surface area is 91.9 Å². The van der Waals surface area contributed by atoms with Crippen molar-refractivity contribution in [1.82, 2.24) is 5.32 Å². The molecule has 0 heterocycles. The first-order valence-electron chi connectivity index (χ1n) is 5.64. The molecule has 0 saturated heterocycles. The fourth-order valence-electron chi connectivity index (χ4n) is 1.62. The van der Waals surface area contributed by atoms with Crippen LogP contribution in [0.5, 0.6) is 0 Å². The van der Waals surface area contributed by atoms with E-state index in [1.807, 2.05) is 6.08 Å². The maximum Gasteiger partial charge on any atom is 0.330 e. The zero-order valence-corrected chi connectivity index (χ0v) is 9.88. The molecule has 0 aromatic carbocycles. The van der Waals surface area contributed by atoms with E-state index in [2.05, 4.69) is 19.2 Å². The van der Waals surface area contributed by atoms with Gasteiger partial charge in [0.15, 0.2) is 0 Å². The number of hydrogen-bond acceptors (Lipinski definition) is 3. The second-order valence-corrected chi connectivity index (χ2v) is 4.53. The van der Waals surface area contributed by atoms with Crippen LogP contribution in [0.2, 0.25) is 0 Å². The van der Waals surface area contributed by atoms with Crippen LogP contribution in [-0.4, -0.2) is 24.7 Å². The minimum atomic E-state index is -0.261. The van der Waals surface area contributed by atoms with Gasteiger partial charge in [0, 0.05) is 18.2 Å². The molecular weight excluding hydrogens is 190 g/mol. The lowest BCUT2D eigenvalue weighted by Gasteiger charge is -2.25. The van der Waals surface area contributed by atoms with Crippen LogP contribution in [0.25, 0.3) is 0 Å². The van der Waals surface area contributed by atoms with Crippen molar-refractivity contribution in [2.75, 3.05) is 13.2 Å². The van der Waals surface area contributed by atoms with Crippen molar-refractivity contribution in [2.45, 2.75) is 39.2 Å². The van der Waals surface area contributed by atoms with Gasteiger partial charge in [-0.25, -0.2) is 4.79 Å². The number of esters is 1. The van der Waals surface area contributed by atoms with Crippen LogP contribution >= 0.6 is 0 Å². The summed E-state index contributed by atoms with van der Waals surface area (Å²) < 4.78 is 4.78. The molecule has 3 heteroatoms. The molecule has 3 nitrogen and oxygen atoms in total. The van der Waals surface area contributed by atoms with Gasteiger partial charge < -0.3 is 10.1 Å². The van der Waals surface area contributed by atoms with Gasteiger partial charge in [0.25, 0.3) is 0 Å². The lowest BCUT2D eigenvalue weighted by atomic mass is 9.99. The Bertz CT molecular complexity index is 242. The highest BCUT2D eigenvalue weighted by atomic mass is 16.5. The highest BCUT2D eigenvalue weighted by Gasteiger charge is 2.36. The molecule has 0 radical (unpaired) electrons. The number of hydrogen-bond donors (Lipinski definition) is 1. The smallest absolute Gasteiger partial charge is 0.330 e. The van der Waals surface area contributed by atoms with Gasteiger partial charge in [0.1, 0.15) is 0 Å². The summed E-state index contributed by atoms with van der Waals surface area (Å²) >= 11 is 0. The largest absolute Gasteiger partial charge is 0.463 e. The monoisotopic (exact) mass is 211 g/mol. The molecule has 1 N–H and O–H groups in total. The maximum absolute atomic E-state index is 11.0. The summed E-state index contributed by atoms with van der Waals surface area (Å²) in [5, 5.41) is 3.42. The van der Waals surface area contributed by atoms with Crippen molar-refractivity contribution >= 4 is 5.97 Å². The first-order chi connectivity index (χ1) is 7.06. The van der Waals surface area contributed by atoms with E-state index >= 15 is 0 Å². The molecule has 0 atom stereocenters. The van der Waals surface area contributed by atoms with E-state index in [0.717, 1.165) is 12.5 Å². The van der Waals surface area contributed by atoms with E-state index in [4.69, 9.17) is 4.74 Å². The molecule has 1 aliphatic carbocycles. The predicted molar refractivity (Wildman–Crippen MR) is 60.6 cm³/mol. The molecule has 86 valence electrons. The summed E-state index contributed by atoms with van der Waals surface area (Å²) in [6.07, 6.45) is 5.95. The summed E-state index contributed by atoms with van der Waals surface area (Å²) in [5.74, 6) is 0.539. The Morgan fingerprint density at radius 3 is 2.73 bits per heavy atom. The number of ether oxygens (including phenoxy) is 1. The zero-order valence-electron chi connectivity index (χ0n) is 9.88. The minimum absolute atomic E-state index is 0.193. The lowest BCUT2D eigenvalue weighted by molar-refractivity contribution is -0.137. The summed E-state index contributed by atoms with van der Waals surface area (Å²) in [7, 11) is 0. The third-order valence-electron chi connectivity index (χ3n) is 2.81. The highest BCUT2D eigenvalue weighted by molar-refractivity contribution is 5.81. The van der Waals surface area contributed by atoms with Crippen LogP contribution in [0.15, 0.2) is 12.2 Å². The number of carbonyl (C=O) groups excluding carboxylic acids is 1. The molecule has 1 fully saturated rings. The Hall–Kier alpha value is -0.830. The summed E-state index contributed by atoms with van der Waals surface area (Å²) in [5.41, 5.74) is 0.193. The first-order valence-corrected chi connectivity index (χ1v) is 5.64. The second kappa shape index (κ2) is 5.31. The molecule has 0 unspecified atom stereocenters. The molecule has 1 rings (SSSR count). The molecule has 0 spiro atoms. The number of carbonyl (C=O) groups is 1. The van der Waals surface area contributed by atoms with Crippen LogP contribution < -0.4 is 5.32 Å². The van der Waals surface area contributed by atoms with Crippen LogP contribution in [0, 0.1) is 5.92 Å². The Morgan fingerprint density at radius 2 is 2.20 bits per heavy atom. The van der Waals surface area contributed by atoms with E-state index in [1.54, 1.807) is 6.92 Å². The van der Waals surface area contributed by atoms with Crippen LogP contribution in [0.4, 0.5) is 0 Å². The third kappa shape index (κ3) is 4.47. The van der Waals surface area contributed by atoms with E-state index in [9.17, 15) is 4.79 Å². The fourth-order valence-corrected chi connectivity index (χ4v) is 1.62. The maximum atomic E-state index is 11.0. The Kier molecular flexibility index (Phi) is 4.33. The first kappa shape index (κ1) is 12.2. The van der Waals surface area contributed by atoms with Crippen LogP contribution in [0.3, 0.4) is 0 Å². The second-order valence-electron chi connectivity index (χ2n) is 4.53. The molecule has 0 aromatic heterocycles. The topological polar surface area (TPSA) is 38.3 Å². The average molecular weight is 211 g/mol. The zero-order chi connectivity index (χ0) is 11.3. The molecule has 1 saturated carbocycles. The van der Waals surface area contributed by atoms with Gasteiger partial charge in [-0.2, -0.15) is 0 Å². The lowest BCUT2D eigenvalue weighted by Crippen LogP contribution is -2.41. The van der Waals surface area contributed by atoms with Crippen molar-refractivity contribution in [3.05, 3.63) is 12.2 Å². The SMILES string of the molecule is CCOC(=O)/C=C/CNC(C)(C)C1CC1. The van der Waals surface area contributed by atoms with Gasteiger partial charge in [-0.1, -0.05) is 6.08 Å². The summed E-state index contributed by atoms with van der Waals surface area (Å²) in [6, 6.07) is 0. The van der Waals surface area contributed by atoms with Crippen LogP contribution in [-0.2, 0) is 9.53 Å². The third-order valence-corrected chi connectivity index (χ3v) is 2.81. The fraction of sp³-hybridized carbons (Fsp3) is 0.750. The predicted octanol–water partition coefficient (Wildman–Crippen LogP) is 1.88. The van der Waals surface area contributed by atoms with Crippen LogP contribution in [0.1, 0.15) is 33.6 Å². The highest BCUT2D eigenvalue weighted by Crippen LogP contribution is 2.38. The van der Waals surface area contributed by atoms with Crippen molar-refractivity contribution in [3.63, 3.8) is 0 Å². The molecule has 0 aromatic rings. The molecule has 15 heavy (non-hydrogen) atoms. The van der Waals surface area contributed by atoms with E-state index in [-0.39, 0.29) is 11.5 Å². The normalized spacial score (nSPS) is 17.0. The molecular formula is C12H21NO2. The Balaban J connectivity index is 2.17. The summed E-state index contributed by atoms with van der Waals surface area (Å²) in [4.78, 5) is 11.0. The van der Waals surface area contributed by atoms with E-state index in [1.165, 1.54) is 18.9 Å². The molecule has 0 aliphatic heterocycles. The number of rotatable bonds is 6. The van der Waals surface area contributed by atoms with Gasteiger partial charge in [-0.3, -0.25) is 0 Å². The van der Waals surface area contributed by atoms with Gasteiger partial charge in [0.2, 0.25) is 0 Å². The van der Waals surface area contributed by atoms with Gasteiger partial charge >= 0.3 is 5.97 Å². The van der Waals surface area contributed by atoms with Gasteiger partial charge in [-0.15, -0.1) is 0 Å². The van der Waals surface area contributed by atoms with Crippen molar-refractivity contribution < 1.29 is 9.53 Å². The van der Waals surface area contributed by atoms with Crippen molar-refractivity contribution in [2.24, 2.45) is 5.92 Å². The van der Waals surface area contributed by atoms with Crippen molar-refractivity contribution in [3.8, 4) is 0 Å². The van der Waals surface area contributed by atoms with E-state index < -0.39 is 0 Å². The molecule has 0 bridgehead atoms. The number of nitrogens with one attached hydrogen (secondary N) is 1. The Morgan fingerprint density at radius 1 is 1.53 bits per heavy atom. The van der Waals surface area contributed by atoms with E-state index in [0.29, 0.717) is 6.61 Å². The quantitative estimate of drug-likeness (QED) is 0.538. The minimum Gasteiger partial charge on any atom is -0.463 e. The average Bonchev–Trinajstić information content (AvgIpc) is 2.96. The van der Waals surface area contributed by atoms with Gasteiger partial charge in [-0.05, 0) is 39.5 Å². The molecule has 0 amide bonds. The van der Waals surface area contributed by atoms with Crippen molar-refractivity contribution in [1.29, 1.82) is 0 Å². The molecule has 1 aliphatic rings.